The van der Waals surface area contributed by atoms with Gasteiger partial charge in [-0.05, 0) is 60.5 Å². The van der Waals surface area contributed by atoms with Gasteiger partial charge in [-0.25, -0.2) is 18.6 Å². The zero-order valence-corrected chi connectivity index (χ0v) is 25.6. The van der Waals surface area contributed by atoms with Crippen LogP contribution in [0.3, 0.4) is 0 Å². The molecule has 3 N–H and O–H groups in total. The van der Waals surface area contributed by atoms with Gasteiger partial charge in [0.1, 0.15) is 0 Å². The maximum Gasteiger partial charge on any atom is 0.262 e. The SMILES string of the molecule is COc1cc(/C=N\NC(=O)C[C@H](NS(=O)(=O)c2ccc(C)cc2)c2ccccc2)ccc1OCC(=O)Nc1ccccc1Cl. The molecule has 0 aromatic heterocycles. The van der Waals surface area contributed by atoms with E-state index >= 15 is 0 Å². The van der Waals surface area contributed by atoms with Crippen molar-refractivity contribution in [3.63, 3.8) is 0 Å². The highest BCUT2D eigenvalue weighted by molar-refractivity contribution is 7.89. The van der Waals surface area contributed by atoms with Crippen molar-refractivity contribution in [2.45, 2.75) is 24.3 Å². The number of ether oxygens (including phenoxy) is 2. The smallest absolute Gasteiger partial charge is 0.262 e. The van der Waals surface area contributed by atoms with E-state index in [0.717, 1.165) is 5.56 Å². The quantitative estimate of drug-likeness (QED) is 0.136. The third-order valence-corrected chi connectivity index (χ3v) is 8.13. The minimum Gasteiger partial charge on any atom is -0.493 e. The van der Waals surface area contributed by atoms with Gasteiger partial charge in [0.15, 0.2) is 18.1 Å². The number of amides is 2. The largest absolute Gasteiger partial charge is 0.493 e. The summed E-state index contributed by atoms with van der Waals surface area (Å²) in [6.07, 6.45) is 1.21. The number of anilines is 1. The molecule has 0 saturated heterocycles. The summed E-state index contributed by atoms with van der Waals surface area (Å²) in [7, 11) is -2.44. The number of hydrogen-bond acceptors (Lipinski definition) is 7. The number of nitrogens with zero attached hydrogens (tertiary/aromatic N) is 1. The average molecular weight is 635 g/mol. The van der Waals surface area contributed by atoms with Gasteiger partial charge in [0.05, 0.1) is 35.0 Å². The molecule has 0 saturated carbocycles. The zero-order chi connectivity index (χ0) is 31.5. The molecule has 0 aliphatic rings. The minimum atomic E-state index is -3.90. The van der Waals surface area contributed by atoms with Crippen molar-refractivity contribution in [1.29, 1.82) is 0 Å². The molecule has 0 spiro atoms. The highest BCUT2D eigenvalue weighted by atomic mass is 35.5. The molecule has 0 bridgehead atoms. The summed E-state index contributed by atoms with van der Waals surface area (Å²) in [4.78, 5) is 25.2. The van der Waals surface area contributed by atoms with Gasteiger partial charge in [0.2, 0.25) is 15.9 Å². The Balaban J connectivity index is 1.36. The van der Waals surface area contributed by atoms with Crippen LogP contribution in [0.15, 0.2) is 107 Å². The molecule has 0 heterocycles. The van der Waals surface area contributed by atoms with Gasteiger partial charge in [0, 0.05) is 6.42 Å². The number of carbonyl (C=O) groups is 2. The highest BCUT2D eigenvalue weighted by Crippen LogP contribution is 2.28. The molecule has 4 rings (SSSR count). The molecular weight excluding hydrogens is 604 g/mol. The lowest BCUT2D eigenvalue weighted by molar-refractivity contribution is -0.121. The number of nitrogens with one attached hydrogen (secondary N) is 3. The lowest BCUT2D eigenvalue weighted by Gasteiger charge is -2.18. The van der Waals surface area contributed by atoms with E-state index in [-0.39, 0.29) is 17.9 Å². The standard InChI is InChI=1S/C32H31ClN4O6S/c1-22-12-15-25(16-13-22)44(40,41)37-28(24-8-4-3-5-9-24)19-31(38)36-34-20-23-14-17-29(30(18-23)42-2)43-21-32(39)35-27-11-7-6-10-26(27)33/h3-18,20,28,37H,19,21H2,1-2H3,(H,35,39)(H,36,38)/b34-20-/t28-/m0/s1. The molecular formula is C32H31ClN4O6S. The summed E-state index contributed by atoms with van der Waals surface area (Å²) >= 11 is 6.08. The normalized spacial score (nSPS) is 12.0. The van der Waals surface area contributed by atoms with Crippen LogP contribution in [-0.2, 0) is 19.6 Å². The molecule has 1 atom stereocenters. The van der Waals surface area contributed by atoms with E-state index in [1.54, 1.807) is 84.9 Å². The van der Waals surface area contributed by atoms with Gasteiger partial charge < -0.3 is 14.8 Å². The van der Waals surface area contributed by atoms with E-state index in [1.807, 2.05) is 6.92 Å². The zero-order valence-electron chi connectivity index (χ0n) is 24.0. The van der Waals surface area contributed by atoms with Crippen molar-refractivity contribution in [1.82, 2.24) is 10.1 Å². The molecule has 10 nitrogen and oxygen atoms in total. The number of benzene rings is 4. The van der Waals surface area contributed by atoms with Crippen LogP contribution in [0, 0.1) is 6.92 Å². The minimum absolute atomic E-state index is 0.102. The predicted molar refractivity (Wildman–Crippen MR) is 170 cm³/mol. The number of rotatable bonds is 13. The van der Waals surface area contributed by atoms with Gasteiger partial charge in [-0.2, -0.15) is 5.10 Å². The van der Waals surface area contributed by atoms with Gasteiger partial charge >= 0.3 is 0 Å². The van der Waals surface area contributed by atoms with Crippen LogP contribution in [0.2, 0.25) is 5.02 Å². The van der Waals surface area contributed by atoms with Gasteiger partial charge in [-0.15, -0.1) is 0 Å². The molecule has 0 aliphatic carbocycles. The summed E-state index contributed by atoms with van der Waals surface area (Å²) in [5.41, 5.74) is 5.05. The third kappa shape index (κ3) is 9.14. The lowest BCUT2D eigenvalue weighted by atomic mass is 10.0. The van der Waals surface area contributed by atoms with Gasteiger partial charge in [-0.3, -0.25) is 9.59 Å². The lowest BCUT2D eigenvalue weighted by Crippen LogP contribution is -2.32. The number of sulfonamides is 1. The fraction of sp³-hybridized carbons (Fsp3) is 0.156. The summed E-state index contributed by atoms with van der Waals surface area (Å²) in [6, 6.07) is 26.2. The Morgan fingerprint density at radius 2 is 1.61 bits per heavy atom. The molecule has 12 heteroatoms. The first kappa shape index (κ1) is 32.2. The highest BCUT2D eigenvalue weighted by Gasteiger charge is 2.23. The second kappa shape index (κ2) is 15.1. The van der Waals surface area contributed by atoms with Crippen LogP contribution in [0.1, 0.15) is 29.2 Å². The fourth-order valence-corrected chi connectivity index (χ4v) is 5.48. The summed E-state index contributed by atoms with van der Waals surface area (Å²) in [6.45, 7) is 1.59. The number of aryl methyl sites for hydroxylation is 1. The molecule has 44 heavy (non-hydrogen) atoms. The number of hydrazone groups is 1. The van der Waals surface area contributed by atoms with Gasteiger partial charge in [0.25, 0.3) is 5.91 Å². The number of para-hydroxylation sites is 1. The topological polar surface area (TPSA) is 135 Å². The summed E-state index contributed by atoms with van der Waals surface area (Å²) in [5, 5.41) is 7.10. The van der Waals surface area contributed by atoms with Crippen molar-refractivity contribution in [3.8, 4) is 11.5 Å². The third-order valence-electron chi connectivity index (χ3n) is 6.32. The van der Waals surface area contributed by atoms with Crippen LogP contribution >= 0.6 is 11.6 Å². The molecule has 0 aliphatic heterocycles. The van der Waals surface area contributed by atoms with E-state index in [0.29, 0.717) is 33.3 Å². The Morgan fingerprint density at radius 3 is 2.32 bits per heavy atom. The van der Waals surface area contributed by atoms with Crippen molar-refractivity contribution in [2.75, 3.05) is 19.0 Å². The number of carbonyl (C=O) groups excluding carboxylic acids is 2. The predicted octanol–water partition coefficient (Wildman–Crippen LogP) is 5.23. The average Bonchev–Trinajstić information content (AvgIpc) is 3.01. The van der Waals surface area contributed by atoms with Crippen molar-refractivity contribution in [2.24, 2.45) is 5.10 Å². The monoisotopic (exact) mass is 634 g/mol. The molecule has 4 aromatic rings. The first-order valence-corrected chi connectivity index (χ1v) is 15.3. The van der Waals surface area contributed by atoms with Gasteiger partial charge in [-0.1, -0.05) is 71.8 Å². The molecule has 0 fully saturated rings. The Kier molecular flexibility index (Phi) is 11.1. The molecule has 228 valence electrons. The Bertz CT molecular complexity index is 1730. The van der Waals surface area contributed by atoms with Crippen LogP contribution < -0.4 is 24.9 Å². The maximum absolute atomic E-state index is 13.1. The maximum atomic E-state index is 13.1. The van der Waals surface area contributed by atoms with Crippen molar-refractivity contribution in [3.05, 3.63) is 119 Å². The van der Waals surface area contributed by atoms with E-state index < -0.39 is 27.9 Å². The second-order valence-corrected chi connectivity index (χ2v) is 11.7. The first-order chi connectivity index (χ1) is 21.1. The fourth-order valence-electron chi connectivity index (χ4n) is 4.07. The number of hydrogen-bond donors (Lipinski definition) is 3. The van der Waals surface area contributed by atoms with E-state index in [2.05, 4.69) is 20.6 Å². The summed E-state index contributed by atoms with van der Waals surface area (Å²) < 4.78 is 39.7. The van der Waals surface area contributed by atoms with Crippen LogP contribution in [0.4, 0.5) is 5.69 Å². The summed E-state index contributed by atoms with van der Waals surface area (Å²) in [5.74, 6) is -0.225. The molecule has 0 radical (unpaired) electrons. The Morgan fingerprint density at radius 1 is 0.909 bits per heavy atom. The van der Waals surface area contributed by atoms with Crippen LogP contribution in [0.25, 0.3) is 0 Å². The second-order valence-electron chi connectivity index (χ2n) is 9.62. The number of methoxy groups -OCH3 is 1. The van der Waals surface area contributed by atoms with E-state index in [9.17, 15) is 18.0 Å². The Labute approximate surface area is 261 Å². The van der Waals surface area contributed by atoms with E-state index in [1.165, 1.54) is 25.5 Å². The first-order valence-electron chi connectivity index (χ1n) is 13.5. The number of halogens is 1. The molecule has 0 unspecified atom stereocenters. The van der Waals surface area contributed by atoms with Crippen LogP contribution in [-0.4, -0.2) is 40.2 Å². The Hall–Kier alpha value is -4.71. The van der Waals surface area contributed by atoms with Crippen LogP contribution in [0.5, 0.6) is 11.5 Å². The molecule has 2 amide bonds. The molecule has 4 aromatic carbocycles. The van der Waals surface area contributed by atoms with Crippen molar-refractivity contribution >= 4 is 45.3 Å². The van der Waals surface area contributed by atoms with Crippen molar-refractivity contribution < 1.29 is 27.5 Å². The van der Waals surface area contributed by atoms with E-state index in [4.69, 9.17) is 21.1 Å².